The van der Waals surface area contributed by atoms with Crippen molar-refractivity contribution in [2.24, 2.45) is 4.99 Å². The summed E-state index contributed by atoms with van der Waals surface area (Å²) in [6, 6.07) is 7.61. The van der Waals surface area contributed by atoms with E-state index in [1.54, 1.807) is 26.0 Å². The maximum atomic E-state index is 11.9. The van der Waals surface area contributed by atoms with E-state index in [1.807, 2.05) is 24.3 Å². The third kappa shape index (κ3) is 8.54. The second kappa shape index (κ2) is 12.3. The molecule has 0 aliphatic heterocycles. The van der Waals surface area contributed by atoms with Crippen LogP contribution in [-0.2, 0) is 11.3 Å². The largest absolute Gasteiger partial charge is 0.381 e. The van der Waals surface area contributed by atoms with Crippen LogP contribution in [0, 0.1) is 0 Å². The van der Waals surface area contributed by atoms with E-state index in [4.69, 9.17) is 4.74 Å². The van der Waals surface area contributed by atoms with E-state index in [2.05, 4.69) is 22.5 Å². The highest BCUT2D eigenvalue weighted by Crippen LogP contribution is 2.06. The van der Waals surface area contributed by atoms with E-state index in [0.717, 1.165) is 44.1 Å². The van der Waals surface area contributed by atoms with E-state index < -0.39 is 0 Å². The quantitative estimate of drug-likeness (QED) is 0.387. The van der Waals surface area contributed by atoms with Gasteiger partial charge in [-0.15, -0.1) is 0 Å². The van der Waals surface area contributed by atoms with Gasteiger partial charge in [0, 0.05) is 53.0 Å². The zero-order chi connectivity index (χ0) is 18.5. The average molecular weight is 348 g/mol. The Bertz CT molecular complexity index is 527. The minimum Gasteiger partial charge on any atom is -0.381 e. The molecule has 0 aromatic heterocycles. The molecule has 25 heavy (non-hydrogen) atoms. The standard InChI is InChI=1S/C19H32N4O2/c1-5-6-13-25-14-7-12-21-19(20-2)22-15-16-8-10-17(11-9-16)18(24)23(3)4/h8-11H,5-7,12-15H2,1-4H3,(H2,20,21,22). The summed E-state index contributed by atoms with van der Waals surface area (Å²) in [7, 11) is 5.26. The Hall–Kier alpha value is -2.08. The van der Waals surface area contributed by atoms with Gasteiger partial charge in [0.2, 0.25) is 0 Å². The molecule has 1 aromatic rings. The minimum atomic E-state index is 0.0122. The van der Waals surface area contributed by atoms with E-state index in [-0.39, 0.29) is 5.91 Å². The third-order valence-electron chi connectivity index (χ3n) is 3.69. The summed E-state index contributed by atoms with van der Waals surface area (Å²) < 4.78 is 5.53. The van der Waals surface area contributed by atoms with Crippen LogP contribution in [0.2, 0.25) is 0 Å². The van der Waals surface area contributed by atoms with Crippen LogP contribution in [-0.4, -0.2) is 57.7 Å². The van der Waals surface area contributed by atoms with Crippen molar-refractivity contribution in [3.8, 4) is 0 Å². The average Bonchev–Trinajstić information content (AvgIpc) is 2.63. The molecule has 6 heteroatoms. The van der Waals surface area contributed by atoms with Crippen LogP contribution < -0.4 is 10.6 Å². The van der Waals surface area contributed by atoms with Crippen molar-refractivity contribution in [1.29, 1.82) is 0 Å². The maximum Gasteiger partial charge on any atom is 0.253 e. The highest BCUT2D eigenvalue weighted by Gasteiger charge is 2.07. The molecule has 0 unspecified atom stereocenters. The molecule has 0 saturated carbocycles. The molecule has 1 aromatic carbocycles. The SMILES string of the molecule is CCCCOCCCNC(=NC)NCc1ccc(C(=O)N(C)C)cc1. The molecule has 0 radical (unpaired) electrons. The van der Waals surface area contributed by atoms with Crippen LogP contribution in [0.5, 0.6) is 0 Å². The Balaban J connectivity index is 2.29. The van der Waals surface area contributed by atoms with Crippen molar-refractivity contribution >= 4 is 11.9 Å². The fourth-order valence-corrected chi connectivity index (χ4v) is 2.16. The van der Waals surface area contributed by atoms with Gasteiger partial charge in [0.25, 0.3) is 5.91 Å². The lowest BCUT2D eigenvalue weighted by Crippen LogP contribution is -2.37. The van der Waals surface area contributed by atoms with Gasteiger partial charge in [-0.25, -0.2) is 0 Å². The van der Waals surface area contributed by atoms with Crippen LogP contribution in [0.4, 0.5) is 0 Å². The van der Waals surface area contributed by atoms with Crippen LogP contribution in [0.1, 0.15) is 42.1 Å². The predicted octanol–water partition coefficient (Wildman–Crippen LogP) is 2.26. The number of hydrogen-bond donors (Lipinski definition) is 2. The lowest BCUT2D eigenvalue weighted by molar-refractivity contribution is 0.0827. The Kier molecular flexibility index (Phi) is 10.3. The number of carbonyl (C=O) groups is 1. The highest BCUT2D eigenvalue weighted by molar-refractivity contribution is 5.93. The number of ether oxygens (including phenoxy) is 1. The molecule has 0 heterocycles. The summed E-state index contributed by atoms with van der Waals surface area (Å²) in [6.45, 7) is 5.25. The van der Waals surface area contributed by atoms with Crippen molar-refractivity contribution in [2.75, 3.05) is 40.9 Å². The summed E-state index contributed by atoms with van der Waals surface area (Å²) in [5, 5.41) is 6.54. The first-order valence-corrected chi connectivity index (χ1v) is 8.91. The van der Waals surface area contributed by atoms with Crippen molar-refractivity contribution in [3.63, 3.8) is 0 Å². The zero-order valence-corrected chi connectivity index (χ0v) is 16.0. The Morgan fingerprint density at radius 1 is 1.12 bits per heavy atom. The number of carbonyl (C=O) groups excluding carboxylic acids is 1. The maximum absolute atomic E-state index is 11.9. The second-order valence-corrected chi connectivity index (χ2v) is 6.07. The van der Waals surface area contributed by atoms with Crippen molar-refractivity contribution in [3.05, 3.63) is 35.4 Å². The molecule has 0 bridgehead atoms. The molecule has 0 saturated heterocycles. The molecular weight excluding hydrogens is 316 g/mol. The van der Waals surface area contributed by atoms with Crippen LogP contribution >= 0.6 is 0 Å². The van der Waals surface area contributed by atoms with Gasteiger partial charge in [-0.3, -0.25) is 9.79 Å². The van der Waals surface area contributed by atoms with Gasteiger partial charge < -0.3 is 20.3 Å². The number of guanidine groups is 1. The van der Waals surface area contributed by atoms with Crippen molar-refractivity contribution in [1.82, 2.24) is 15.5 Å². The van der Waals surface area contributed by atoms with Gasteiger partial charge >= 0.3 is 0 Å². The van der Waals surface area contributed by atoms with Gasteiger partial charge in [0.1, 0.15) is 0 Å². The highest BCUT2D eigenvalue weighted by atomic mass is 16.5. The first kappa shape index (κ1) is 21.0. The summed E-state index contributed by atoms with van der Waals surface area (Å²) in [6.07, 6.45) is 3.24. The predicted molar refractivity (Wildman–Crippen MR) is 103 cm³/mol. The van der Waals surface area contributed by atoms with Crippen molar-refractivity contribution < 1.29 is 9.53 Å². The summed E-state index contributed by atoms with van der Waals surface area (Å²) in [5.74, 6) is 0.778. The number of unbranched alkanes of at least 4 members (excludes halogenated alkanes) is 1. The zero-order valence-electron chi connectivity index (χ0n) is 16.0. The van der Waals surface area contributed by atoms with Gasteiger partial charge in [-0.05, 0) is 30.5 Å². The van der Waals surface area contributed by atoms with Gasteiger partial charge in [0.05, 0.1) is 0 Å². The van der Waals surface area contributed by atoms with E-state index in [9.17, 15) is 4.79 Å². The van der Waals surface area contributed by atoms with Crippen LogP contribution in [0.15, 0.2) is 29.3 Å². The summed E-state index contributed by atoms with van der Waals surface area (Å²) in [5.41, 5.74) is 1.79. The number of nitrogens with one attached hydrogen (secondary N) is 2. The lowest BCUT2D eigenvalue weighted by atomic mass is 10.1. The fourth-order valence-electron chi connectivity index (χ4n) is 2.16. The van der Waals surface area contributed by atoms with Gasteiger partial charge in [-0.1, -0.05) is 25.5 Å². The molecule has 2 N–H and O–H groups in total. The van der Waals surface area contributed by atoms with E-state index in [1.165, 1.54) is 6.42 Å². The second-order valence-electron chi connectivity index (χ2n) is 6.07. The molecule has 0 aliphatic rings. The fraction of sp³-hybridized carbons (Fsp3) is 0.579. The smallest absolute Gasteiger partial charge is 0.253 e. The van der Waals surface area contributed by atoms with E-state index in [0.29, 0.717) is 12.1 Å². The Morgan fingerprint density at radius 2 is 1.80 bits per heavy atom. The number of nitrogens with zero attached hydrogens (tertiary/aromatic N) is 2. The first-order chi connectivity index (χ1) is 12.1. The lowest BCUT2D eigenvalue weighted by Gasteiger charge is -2.13. The molecule has 1 rings (SSSR count). The normalized spacial score (nSPS) is 11.3. The number of rotatable bonds is 10. The molecular formula is C19H32N4O2. The molecule has 6 nitrogen and oxygen atoms in total. The van der Waals surface area contributed by atoms with E-state index >= 15 is 0 Å². The van der Waals surface area contributed by atoms with Gasteiger partial charge in [0.15, 0.2) is 5.96 Å². The monoisotopic (exact) mass is 348 g/mol. The number of amides is 1. The van der Waals surface area contributed by atoms with Crippen molar-refractivity contribution in [2.45, 2.75) is 32.7 Å². The molecule has 140 valence electrons. The first-order valence-electron chi connectivity index (χ1n) is 8.91. The van der Waals surface area contributed by atoms with Crippen LogP contribution in [0.3, 0.4) is 0 Å². The number of hydrogen-bond acceptors (Lipinski definition) is 3. The number of aliphatic imine (C=N–C) groups is 1. The topological polar surface area (TPSA) is 66.0 Å². The Morgan fingerprint density at radius 3 is 2.40 bits per heavy atom. The molecule has 0 aliphatic carbocycles. The van der Waals surface area contributed by atoms with Crippen LogP contribution in [0.25, 0.3) is 0 Å². The summed E-state index contributed by atoms with van der Waals surface area (Å²) >= 11 is 0. The third-order valence-corrected chi connectivity index (χ3v) is 3.69. The molecule has 0 atom stereocenters. The minimum absolute atomic E-state index is 0.0122. The Labute approximate surface area is 151 Å². The molecule has 0 fully saturated rings. The summed E-state index contributed by atoms with van der Waals surface area (Å²) in [4.78, 5) is 17.7. The van der Waals surface area contributed by atoms with Gasteiger partial charge in [-0.2, -0.15) is 0 Å². The molecule has 1 amide bonds. The molecule has 0 spiro atoms. The number of benzene rings is 1.